The first-order valence-corrected chi connectivity index (χ1v) is 9.31. The lowest BCUT2D eigenvalue weighted by molar-refractivity contribution is 0.169. The van der Waals surface area contributed by atoms with E-state index in [4.69, 9.17) is 0 Å². The summed E-state index contributed by atoms with van der Waals surface area (Å²) in [5.41, 5.74) is 1.63. The van der Waals surface area contributed by atoms with Gasteiger partial charge >= 0.3 is 0 Å². The fraction of sp³-hybridized carbons (Fsp3) is 0.421. The monoisotopic (exact) mass is 388 g/mol. The van der Waals surface area contributed by atoms with Gasteiger partial charge in [0.1, 0.15) is 11.6 Å². The van der Waals surface area contributed by atoms with Gasteiger partial charge in [-0.2, -0.15) is 9.97 Å². The summed E-state index contributed by atoms with van der Waals surface area (Å²) < 4.78 is 15.4. The number of hydrogen-bond donors (Lipinski definition) is 4. The van der Waals surface area contributed by atoms with Gasteiger partial charge in [0.25, 0.3) is 0 Å². The number of aliphatic hydroxyl groups excluding tert-OH is 1. The zero-order chi connectivity index (χ0) is 20.3. The maximum absolute atomic E-state index is 13.5. The molecule has 0 aliphatic carbocycles. The summed E-state index contributed by atoms with van der Waals surface area (Å²) in [7, 11) is 0. The van der Waals surface area contributed by atoms with E-state index in [0.717, 1.165) is 0 Å². The number of aromatic nitrogens is 4. The van der Waals surface area contributed by atoms with Crippen molar-refractivity contribution in [3.8, 4) is 5.75 Å². The molecule has 2 atom stereocenters. The minimum absolute atomic E-state index is 0.00297. The Balaban J connectivity index is 1.95. The second kappa shape index (κ2) is 8.39. The molecule has 8 nitrogen and oxygen atoms in total. The average Bonchev–Trinajstić information content (AvgIpc) is 3.09. The normalized spacial score (nSPS) is 13.5. The minimum atomic E-state index is -0.568. The number of benzene rings is 1. The zero-order valence-corrected chi connectivity index (χ0v) is 16.1. The molecular weight excluding hydrogens is 363 g/mol. The van der Waals surface area contributed by atoms with Gasteiger partial charge in [-0.3, -0.25) is 0 Å². The Morgan fingerprint density at radius 3 is 2.71 bits per heavy atom. The van der Waals surface area contributed by atoms with Crippen LogP contribution in [0.3, 0.4) is 0 Å². The number of nitrogens with zero attached hydrogens (tertiary/aromatic N) is 4. The van der Waals surface area contributed by atoms with Crippen molar-refractivity contribution in [3.05, 3.63) is 35.9 Å². The highest BCUT2D eigenvalue weighted by Crippen LogP contribution is 2.24. The second-order valence-electron chi connectivity index (χ2n) is 6.62. The molecule has 0 aliphatic heterocycles. The highest BCUT2D eigenvalue weighted by Gasteiger charge is 2.18. The number of halogens is 1. The number of hydrogen-bond acceptors (Lipinski definition) is 7. The van der Waals surface area contributed by atoms with Crippen molar-refractivity contribution >= 4 is 22.9 Å². The molecule has 4 N–H and O–H groups in total. The van der Waals surface area contributed by atoms with Crippen LogP contribution in [-0.2, 0) is 13.1 Å². The SMILES string of the molecule is CCC(Nc1nc(NCc2cc(F)ccc2O)c2ncn(CC)c2n1)C(C)O. The lowest BCUT2D eigenvalue weighted by atomic mass is 10.1. The van der Waals surface area contributed by atoms with Gasteiger partial charge in [-0.25, -0.2) is 9.37 Å². The molecule has 3 rings (SSSR count). The van der Waals surface area contributed by atoms with Gasteiger partial charge in [0.05, 0.1) is 18.5 Å². The van der Waals surface area contributed by atoms with Crippen molar-refractivity contribution in [2.45, 2.75) is 52.4 Å². The Kier molecular flexibility index (Phi) is 5.93. The molecule has 1 aromatic carbocycles. The molecule has 9 heteroatoms. The molecule has 3 aromatic rings. The van der Waals surface area contributed by atoms with Crippen molar-refractivity contribution in [2.75, 3.05) is 10.6 Å². The summed E-state index contributed by atoms with van der Waals surface area (Å²) in [4.78, 5) is 13.4. The van der Waals surface area contributed by atoms with E-state index in [2.05, 4.69) is 25.6 Å². The molecule has 0 saturated carbocycles. The minimum Gasteiger partial charge on any atom is -0.508 e. The van der Waals surface area contributed by atoms with Gasteiger partial charge in [0.15, 0.2) is 17.0 Å². The number of anilines is 2. The fourth-order valence-corrected chi connectivity index (χ4v) is 2.97. The van der Waals surface area contributed by atoms with E-state index < -0.39 is 11.9 Å². The molecule has 0 fully saturated rings. The molecule has 0 bridgehead atoms. The average molecular weight is 388 g/mol. The van der Waals surface area contributed by atoms with Crippen LogP contribution in [0.4, 0.5) is 16.2 Å². The van der Waals surface area contributed by atoms with E-state index in [9.17, 15) is 14.6 Å². The summed E-state index contributed by atoms with van der Waals surface area (Å²) in [6.45, 7) is 6.51. The predicted molar refractivity (Wildman–Crippen MR) is 106 cm³/mol. The van der Waals surface area contributed by atoms with Gasteiger partial charge < -0.3 is 25.4 Å². The lowest BCUT2D eigenvalue weighted by Crippen LogP contribution is -2.31. The van der Waals surface area contributed by atoms with Crippen molar-refractivity contribution in [3.63, 3.8) is 0 Å². The molecule has 150 valence electrons. The smallest absolute Gasteiger partial charge is 0.227 e. The maximum Gasteiger partial charge on any atom is 0.227 e. The predicted octanol–water partition coefficient (Wildman–Crippen LogP) is 2.87. The summed E-state index contributed by atoms with van der Waals surface area (Å²) in [5, 5.41) is 26.1. The van der Waals surface area contributed by atoms with Gasteiger partial charge in [0.2, 0.25) is 5.95 Å². The Morgan fingerprint density at radius 1 is 1.25 bits per heavy atom. The number of aryl methyl sites for hydroxylation is 1. The first-order chi connectivity index (χ1) is 13.4. The Bertz CT molecular complexity index is 959. The van der Waals surface area contributed by atoms with E-state index >= 15 is 0 Å². The molecule has 0 spiro atoms. The first-order valence-electron chi connectivity index (χ1n) is 9.31. The summed E-state index contributed by atoms with van der Waals surface area (Å²) in [5.74, 6) is 0.393. The number of aliphatic hydroxyl groups is 1. The second-order valence-corrected chi connectivity index (χ2v) is 6.62. The fourth-order valence-electron chi connectivity index (χ4n) is 2.97. The third-order valence-electron chi connectivity index (χ3n) is 4.63. The number of rotatable bonds is 8. The van der Waals surface area contributed by atoms with Gasteiger partial charge in [-0.15, -0.1) is 0 Å². The molecule has 0 radical (unpaired) electrons. The van der Waals surface area contributed by atoms with Crippen molar-refractivity contribution in [1.82, 2.24) is 19.5 Å². The third kappa shape index (κ3) is 4.14. The van der Waals surface area contributed by atoms with Crippen LogP contribution in [0.2, 0.25) is 0 Å². The lowest BCUT2D eigenvalue weighted by Gasteiger charge is -2.20. The summed E-state index contributed by atoms with van der Waals surface area (Å²) in [6, 6.07) is 3.59. The molecule has 2 aromatic heterocycles. The molecule has 28 heavy (non-hydrogen) atoms. The topological polar surface area (TPSA) is 108 Å². The van der Waals surface area contributed by atoms with Crippen LogP contribution in [0.5, 0.6) is 5.75 Å². The van der Waals surface area contributed by atoms with Crippen LogP contribution in [-0.4, -0.2) is 41.9 Å². The van der Waals surface area contributed by atoms with Crippen LogP contribution in [0.1, 0.15) is 32.8 Å². The van der Waals surface area contributed by atoms with Crippen LogP contribution in [0.25, 0.3) is 11.2 Å². The Labute approximate surface area is 162 Å². The quantitative estimate of drug-likeness (QED) is 0.470. The van der Waals surface area contributed by atoms with Crippen molar-refractivity contribution in [2.24, 2.45) is 0 Å². The van der Waals surface area contributed by atoms with Crippen LogP contribution >= 0.6 is 0 Å². The van der Waals surface area contributed by atoms with E-state index in [0.29, 0.717) is 41.5 Å². The van der Waals surface area contributed by atoms with Crippen LogP contribution < -0.4 is 10.6 Å². The molecule has 2 heterocycles. The third-order valence-corrected chi connectivity index (χ3v) is 4.63. The van der Waals surface area contributed by atoms with Crippen molar-refractivity contribution < 1.29 is 14.6 Å². The summed E-state index contributed by atoms with van der Waals surface area (Å²) >= 11 is 0. The Morgan fingerprint density at radius 2 is 2.04 bits per heavy atom. The molecule has 0 saturated heterocycles. The number of nitrogens with one attached hydrogen (secondary N) is 2. The standard InChI is InChI=1S/C19H25FN6O2/c1-4-14(11(3)27)23-19-24-17(16-18(25-19)26(5-2)10-22-16)21-9-12-8-13(20)6-7-15(12)28/h6-8,10-11,14,27-28H,4-5,9H2,1-3H3,(H2,21,23,24,25). The number of imidazole rings is 1. The first kappa shape index (κ1) is 19.8. The molecule has 0 aliphatic rings. The van der Waals surface area contributed by atoms with E-state index in [1.54, 1.807) is 13.3 Å². The maximum atomic E-state index is 13.5. The largest absolute Gasteiger partial charge is 0.508 e. The number of phenolic OH excluding ortho intramolecular Hbond substituents is 1. The highest BCUT2D eigenvalue weighted by molar-refractivity contribution is 5.84. The van der Waals surface area contributed by atoms with Crippen molar-refractivity contribution in [1.29, 1.82) is 0 Å². The molecule has 0 amide bonds. The van der Waals surface area contributed by atoms with E-state index in [-0.39, 0.29) is 18.3 Å². The zero-order valence-electron chi connectivity index (χ0n) is 16.1. The summed E-state index contributed by atoms with van der Waals surface area (Å²) in [6.07, 6.45) is 1.81. The number of phenols is 1. The van der Waals surface area contributed by atoms with E-state index in [1.807, 2.05) is 18.4 Å². The Hall–Kier alpha value is -2.94. The molecular formula is C19H25FN6O2. The van der Waals surface area contributed by atoms with Gasteiger partial charge in [-0.05, 0) is 38.5 Å². The van der Waals surface area contributed by atoms with E-state index in [1.165, 1.54) is 18.2 Å². The number of fused-ring (bicyclic) bond motifs is 1. The molecule has 2 unspecified atom stereocenters. The van der Waals surface area contributed by atoms with Gasteiger partial charge in [-0.1, -0.05) is 6.92 Å². The van der Waals surface area contributed by atoms with Crippen LogP contribution in [0, 0.1) is 5.82 Å². The van der Waals surface area contributed by atoms with Gasteiger partial charge in [0, 0.05) is 18.7 Å². The van der Waals surface area contributed by atoms with Crippen LogP contribution in [0.15, 0.2) is 24.5 Å². The number of aromatic hydroxyl groups is 1. The highest BCUT2D eigenvalue weighted by atomic mass is 19.1.